The lowest BCUT2D eigenvalue weighted by Crippen LogP contribution is -2.26. The molecule has 0 amide bonds. The number of nitrogens with one attached hydrogen (secondary N) is 1. The van der Waals surface area contributed by atoms with Crippen molar-refractivity contribution in [2.45, 2.75) is 38.6 Å². The number of hydrogen-bond acceptors (Lipinski definition) is 3. The molecule has 0 aromatic carbocycles. The van der Waals surface area contributed by atoms with E-state index in [0.29, 0.717) is 12.6 Å². The summed E-state index contributed by atoms with van der Waals surface area (Å²) in [5.41, 5.74) is 0. The van der Waals surface area contributed by atoms with Gasteiger partial charge in [-0.25, -0.2) is 4.98 Å². The van der Waals surface area contributed by atoms with E-state index in [0.717, 1.165) is 23.4 Å². The fourth-order valence-corrected chi connectivity index (χ4v) is 3.37. The Morgan fingerprint density at radius 1 is 1.41 bits per heavy atom. The van der Waals surface area contributed by atoms with E-state index in [-0.39, 0.29) is 0 Å². The Morgan fingerprint density at radius 2 is 2.35 bits per heavy atom. The van der Waals surface area contributed by atoms with Crippen LogP contribution >= 0.6 is 0 Å². The van der Waals surface area contributed by atoms with E-state index in [4.69, 9.17) is 4.74 Å². The number of hydrogen-bond donors (Lipinski definition) is 1. The van der Waals surface area contributed by atoms with Gasteiger partial charge in [0.1, 0.15) is 0 Å². The van der Waals surface area contributed by atoms with Gasteiger partial charge in [0, 0.05) is 12.2 Å². The maximum Gasteiger partial charge on any atom is 0.168 e. The lowest BCUT2D eigenvalue weighted by molar-refractivity contribution is 0.339. The molecule has 17 heavy (non-hydrogen) atoms. The predicted molar refractivity (Wildman–Crippen MR) is 68.3 cm³/mol. The van der Waals surface area contributed by atoms with Crippen molar-refractivity contribution in [1.29, 1.82) is 0 Å². The summed E-state index contributed by atoms with van der Waals surface area (Å²) in [6.07, 6.45) is 7.38. The van der Waals surface area contributed by atoms with Gasteiger partial charge in [-0.2, -0.15) is 0 Å². The zero-order valence-electron chi connectivity index (χ0n) is 10.4. The lowest BCUT2D eigenvalue weighted by Gasteiger charge is -2.24. The summed E-state index contributed by atoms with van der Waals surface area (Å²) >= 11 is 0. The first-order chi connectivity index (χ1) is 8.36. The van der Waals surface area contributed by atoms with Gasteiger partial charge < -0.3 is 10.1 Å². The fraction of sp³-hybridized carbons (Fsp3) is 0.643. The van der Waals surface area contributed by atoms with Crippen LogP contribution in [0.1, 0.15) is 32.6 Å². The third kappa shape index (κ3) is 2.11. The Hall–Kier alpha value is -1.25. The van der Waals surface area contributed by atoms with Crippen molar-refractivity contribution < 1.29 is 4.74 Å². The number of rotatable bonds is 4. The molecular formula is C14H20N2O. The van der Waals surface area contributed by atoms with E-state index in [2.05, 4.69) is 10.3 Å². The quantitative estimate of drug-likeness (QED) is 0.866. The molecule has 0 spiro atoms. The van der Waals surface area contributed by atoms with Crippen LogP contribution in [0, 0.1) is 11.8 Å². The number of pyridine rings is 1. The zero-order chi connectivity index (χ0) is 11.7. The summed E-state index contributed by atoms with van der Waals surface area (Å²) in [6, 6.07) is 4.53. The summed E-state index contributed by atoms with van der Waals surface area (Å²) in [5.74, 6) is 3.62. The predicted octanol–water partition coefficient (Wildman–Crippen LogP) is 3.08. The van der Waals surface area contributed by atoms with Gasteiger partial charge in [-0.1, -0.05) is 6.42 Å². The standard InChI is InChI=1S/C14H20N2O/c1-2-17-13-4-3-7-15-14(13)16-12-9-10-5-6-11(12)8-10/h3-4,7,10-12H,2,5-6,8-9H2,1H3,(H,15,16). The maximum atomic E-state index is 5.60. The minimum atomic E-state index is 0.614. The van der Waals surface area contributed by atoms with Gasteiger partial charge in [-0.05, 0) is 50.2 Å². The minimum absolute atomic E-state index is 0.614. The summed E-state index contributed by atoms with van der Waals surface area (Å²) in [5, 5.41) is 3.59. The molecule has 2 aliphatic rings. The maximum absolute atomic E-state index is 5.60. The smallest absolute Gasteiger partial charge is 0.168 e. The van der Waals surface area contributed by atoms with Crippen molar-refractivity contribution in [3.8, 4) is 5.75 Å². The second-order valence-corrected chi connectivity index (χ2v) is 5.21. The Balaban J connectivity index is 1.72. The molecule has 2 fully saturated rings. The number of nitrogens with zero attached hydrogens (tertiary/aromatic N) is 1. The highest BCUT2D eigenvalue weighted by atomic mass is 16.5. The van der Waals surface area contributed by atoms with Crippen molar-refractivity contribution >= 4 is 5.82 Å². The summed E-state index contributed by atoms with van der Waals surface area (Å²) in [4.78, 5) is 4.41. The molecule has 2 bridgehead atoms. The molecule has 2 aliphatic carbocycles. The van der Waals surface area contributed by atoms with Gasteiger partial charge in [0.2, 0.25) is 0 Å². The Labute approximate surface area is 103 Å². The average molecular weight is 232 g/mol. The number of anilines is 1. The number of aromatic nitrogens is 1. The molecular weight excluding hydrogens is 212 g/mol. The van der Waals surface area contributed by atoms with Crippen LogP contribution < -0.4 is 10.1 Å². The van der Waals surface area contributed by atoms with E-state index in [1.165, 1.54) is 25.7 Å². The van der Waals surface area contributed by atoms with Crippen molar-refractivity contribution in [3.63, 3.8) is 0 Å². The molecule has 0 aliphatic heterocycles. The van der Waals surface area contributed by atoms with Gasteiger partial charge in [-0.3, -0.25) is 0 Å². The van der Waals surface area contributed by atoms with Crippen LogP contribution in [0.2, 0.25) is 0 Å². The molecule has 3 atom stereocenters. The van der Waals surface area contributed by atoms with Crippen LogP contribution in [-0.4, -0.2) is 17.6 Å². The van der Waals surface area contributed by atoms with E-state index in [1.807, 2.05) is 25.3 Å². The normalized spacial score (nSPS) is 30.5. The van der Waals surface area contributed by atoms with Gasteiger partial charge in [-0.15, -0.1) is 0 Å². The molecule has 0 radical (unpaired) electrons. The first-order valence-corrected chi connectivity index (χ1v) is 6.71. The first-order valence-electron chi connectivity index (χ1n) is 6.71. The molecule has 1 aromatic heterocycles. The van der Waals surface area contributed by atoms with Gasteiger partial charge in [0.25, 0.3) is 0 Å². The van der Waals surface area contributed by atoms with Crippen LogP contribution in [0.5, 0.6) is 5.75 Å². The van der Waals surface area contributed by atoms with E-state index >= 15 is 0 Å². The van der Waals surface area contributed by atoms with Crippen LogP contribution in [0.3, 0.4) is 0 Å². The zero-order valence-corrected chi connectivity index (χ0v) is 10.4. The molecule has 1 N–H and O–H groups in total. The fourth-order valence-electron chi connectivity index (χ4n) is 3.37. The molecule has 1 aromatic rings. The van der Waals surface area contributed by atoms with Crippen molar-refractivity contribution in [2.24, 2.45) is 11.8 Å². The number of fused-ring (bicyclic) bond motifs is 2. The van der Waals surface area contributed by atoms with Gasteiger partial charge in [0.15, 0.2) is 11.6 Å². The minimum Gasteiger partial charge on any atom is -0.490 e. The van der Waals surface area contributed by atoms with Crippen molar-refractivity contribution in [1.82, 2.24) is 4.98 Å². The van der Waals surface area contributed by atoms with E-state index in [9.17, 15) is 0 Å². The Kier molecular flexibility index (Phi) is 2.91. The van der Waals surface area contributed by atoms with Crippen LogP contribution in [0.4, 0.5) is 5.82 Å². The molecule has 3 unspecified atom stereocenters. The second kappa shape index (κ2) is 4.55. The molecule has 3 rings (SSSR count). The monoisotopic (exact) mass is 232 g/mol. The SMILES string of the molecule is CCOc1cccnc1NC1CC2CCC1C2. The second-order valence-electron chi connectivity index (χ2n) is 5.21. The Morgan fingerprint density at radius 3 is 3.06 bits per heavy atom. The molecule has 2 saturated carbocycles. The number of ether oxygens (including phenoxy) is 1. The topological polar surface area (TPSA) is 34.1 Å². The highest BCUT2D eigenvalue weighted by Crippen LogP contribution is 2.45. The van der Waals surface area contributed by atoms with Gasteiger partial charge >= 0.3 is 0 Å². The summed E-state index contributed by atoms with van der Waals surface area (Å²) in [7, 11) is 0. The molecule has 0 saturated heterocycles. The molecule has 1 heterocycles. The average Bonchev–Trinajstić information content (AvgIpc) is 2.94. The highest BCUT2D eigenvalue weighted by molar-refractivity contribution is 5.50. The van der Waals surface area contributed by atoms with Crippen LogP contribution in [-0.2, 0) is 0 Å². The van der Waals surface area contributed by atoms with Gasteiger partial charge in [0.05, 0.1) is 6.61 Å². The Bertz CT molecular complexity index is 394. The summed E-state index contributed by atoms with van der Waals surface area (Å²) in [6.45, 7) is 2.70. The molecule has 92 valence electrons. The molecule has 3 heteroatoms. The third-order valence-electron chi connectivity index (χ3n) is 4.13. The lowest BCUT2D eigenvalue weighted by atomic mass is 9.95. The van der Waals surface area contributed by atoms with Crippen LogP contribution in [0.15, 0.2) is 18.3 Å². The third-order valence-corrected chi connectivity index (χ3v) is 4.13. The highest BCUT2D eigenvalue weighted by Gasteiger charge is 2.39. The van der Waals surface area contributed by atoms with Crippen LogP contribution in [0.25, 0.3) is 0 Å². The summed E-state index contributed by atoms with van der Waals surface area (Å²) < 4.78 is 5.60. The first kappa shape index (κ1) is 10.9. The van der Waals surface area contributed by atoms with Crippen molar-refractivity contribution in [2.75, 3.05) is 11.9 Å². The largest absolute Gasteiger partial charge is 0.490 e. The van der Waals surface area contributed by atoms with E-state index < -0.39 is 0 Å². The van der Waals surface area contributed by atoms with Crippen molar-refractivity contribution in [3.05, 3.63) is 18.3 Å². The molecule has 3 nitrogen and oxygen atoms in total. The van der Waals surface area contributed by atoms with E-state index in [1.54, 1.807) is 0 Å².